The number of piperazine rings is 1. The quantitative estimate of drug-likeness (QED) is 0.830. The summed E-state index contributed by atoms with van der Waals surface area (Å²) in [6, 6.07) is 6.26. The van der Waals surface area contributed by atoms with Gasteiger partial charge in [-0.1, -0.05) is 18.2 Å². The minimum Gasteiger partial charge on any atom is -0.405 e. The Hall–Kier alpha value is -1.27. The second-order valence-corrected chi connectivity index (χ2v) is 4.10. The van der Waals surface area contributed by atoms with Crippen LogP contribution >= 0.6 is 0 Å². The number of halogens is 3. The molecule has 1 aliphatic heterocycles. The smallest absolute Gasteiger partial charge is 0.405 e. The van der Waals surface area contributed by atoms with E-state index in [0.717, 1.165) is 26.2 Å². The van der Waals surface area contributed by atoms with Gasteiger partial charge < -0.3 is 4.74 Å². The van der Waals surface area contributed by atoms with E-state index in [2.05, 4.69) is 15.0 Å². The van der Waals surface area contributed by atoms with Crippen LogP contribution in [0.25, 0.3) is 0 Å². The first-order chi connectivity index (χ1) is 8.54. The van der Waals surface area contributed by atoms with Crippen LogP contribution in [0.1, 0.15) is 5.56 Å². The maximum absolute atomic E-state index is 12.2. The Morgan fingerprint density at radius 1 is 1.17 bits per heavy atom. The molecule has 99 valence electrons. The lowest BCUT2D eigenvalue weighted by molar-refractivity contribution is -0.275. The van der Waals surface area contributed by atoms with Crippen LogP contribution in [0, 0.1) is 0 Å². The van der Waals surface area contributed by atoms with E-state index in [1.807, 2.05) is 0 Å². The van der Waals surface area contributed by atoms with E-state index in [9.17, 15) is 13.2 Å². The Kier molecular flexibility index (Phi) is 4.08. The lowest BCUT2D eigenvalue weighted by Gasteiger charge is -2.27. The molecule has 0 unspecified atom stereocenters. The zero-order chi connectivity index (χ0) is 13.0. The highest BCUT2D eigenvalue weighted by atomic mass is 19.4. The van der Waals surface area contributed by atoms with E-state index < -0.39 is 6.36 Å². The molecule has 0 spiro atoms. The summed E-state index contributed by atoms with van der Waals surface area (Å²) in [6.07, 6.45) is -4.65. The van der Waals surface area contributed by atoms with Crippen LogP contribution in [-0.4, -0.2) is 37.4 Å². The van der Waals surface area contributed by atoms with E-state index in [1.165, 1.54) is 12.1 Å². The highest BCUT2D eigenvalue weighted by Crippen LogP contribution is 2.27. The molecule has 1 saturated heterocycles. The van der Waals surface area contributed by atoms with Gasteiger partial charge in [-0.05, 0) is 6.07 Å². The number of hydrogen-bond donors (Lipinski definition) is 0. The molecular weight excluding hydrogens is 245 g/mol. The van der Waals surface area contributed by atoms with E-state index in [0.29, 0.717) is 12.1 Å². The predicted octanol–water partition coefficient (Wildman–Crippen LogP) is 2.01. The molecule has 0 atom stereocenters. The Balaban J connectivity index is 2.06. The van der Waals surface area contributed by atoms with E-state index in [4.69, 9.17) is 0 Å². The summed E-state index contributed by atoms with van der Waals surface area (Å²) in [4.78, 5) is 2.07. The zero-order valence-corrected chi connectivity index (χ0v) is 9.78. The first kappa shape index (κ1) is 13.2. The van der Waals surface area contributed by atoms with Crippen LogP contribution in [0.15, 0.2) is 24.3 Å². The normalized spacial score (nSPS) is 17.7. The summed E-state index contributed by atoms with van der Waals surface area (Å²) in [7, 11) is 0. The molecule has 18 heavy (non-hydrogen) atoms. The summed E-state index contributed by atoms with van der Waals surface area (Å²) in [6.45, 7) is 3.49. The Labute approximate surface area is 104 Å². The molecule has 0 aromatic heterocycles. The highest BCUT2D eigenvalue weighted by molar-refractivity contribution is 5.33. The lowest BCUT2D eigenvalue weighted by Crippen LogP contribution is -2.39. The van der Waals surface area contributed by atoms with Gasteiger partial charge in [0.25, 0.3) is 0 Å². The fourth-order valence-corrected chi connectivity index (χ4v) is 1.91. The van der Waals surface area contributed by atoms with Crippen LogP contribution in [0.5, 0.6) is 5.75 Å². The molecule has 0 N–H and O–H groups in total. The van der Waals surface area contributed by atoms with E-state index >= 15 is 0 Å². The SMILES string of the molecule is FC(F)(F)Oc1ccccc1CN1CC[N]CC1. The predicted molar refractivity (Wildman–Crippen MR) is 60.3 cm³/mol. The summed E-state index contributed by atoms with van der Waals surface area (Å²) in [5, 5.41) is 4.20. The van der Waals surface area contributed by atoms with Crippen LogP contribution < -0.4 is 10.1 Å². The third-order valence-electron chi connectivity index (χ3n) is 2.74. The van der Waals surface area contributed by atoms with Gasteiger partial charge >= 0.3 is 6.36 Å². The Morgan fingerprint density at radius 3 is 2.50 bits per heavy atom. The van der Waals surface area contributed by atoms with Crippen LogP contribution in [0.3, 0.4) is 0 Å². The average molecular weight is 259 g/mol. The van der Waals surface area contributed by atoms with Crippen LogP contribution in [0.4, 0.5) is 13.2 Å². The van der Waals surface area contributed by atoms with Gasteiger partial charge in [0.2, 0.25) is 0 Å². The lowest BCUT2D eigenvalue weighted by atomic mass is 10.2. The van der Waals surface area contributed by atoms with Crippen molar-refractivity contribution < 1.29 is 17.9 Å². The van der Waals surface area contributed by atoms with E-state index in [1.54, 1.807) is 12.1 Å². The molecule has 0 amide bonds. The average Bonchev–Trinajstić information content (AvgIpc) is 2.31. The van der Waals surface area contributed by atoms with Crippen molar-refractivity contribution in [2.24, 2.45) is 0 Å². The number of ether oxygens (including phenoxy) is 1. The molecule has 1 aromatic carbocycles. The van der Waals surface area contributed by atoms with Crippen molar-refractivity contribution in [1.82, 2.24) is 10.2 Å². The molecule has 0 saturated carbocycles. The molecule has 1 aromatic rings. The number of nitrogens with zero attached hydrogens (tertiary/aromatic N) is 2. The maximum Gasteiger partial charge on any atom is 0.573 e. The van der Waals surface area contributed by atoms with Crippen molar-refractivity contribution in [2.45, 2.75) is 12.9 Å². The van der Waals surface area contributed by atoms with E-state index in [-0.39, 0.29) is 5.75 Å². The Morgan fingerprint density at radius 2 is 1.83 bits per heavy atom. The molecule has 2 rings (SSSR count). The van der Waals surface area contributed by atoms with Gasteiger partial charge in [-0.3, -0.25) is 4.90 Å². The molecule has 1 aliphatic rings. The molecule has 0 aliphatic carbocycles. The number of alkyl halides is 3. The highest BCUT2D eigenvalue weighted by Gasteiger charge is 2.32. The third-order valence-corrected chi connectivity index (χ3v) is 2.74. The minimum absolute atomic E-state index is 0.118. The van der Waals surface area contributed by atoms with Gasteiger partial charge in [-0.15, -0.1) is 13.2 Å². The van der Waals surface area contributed by atoms with Gasteiger partial charge in [0, 0.05) is 38.3 Å². The van der Waals surface area contributed by atoms with Crippen molar-refractivity contribution in [3.05, 3.63) is 29.8 Å². The van der Waals surface area contributed by atoms with Crippen molar-refractivity contribution >= 4 is 0 Å². The topological polar surface area (TPSA) is 26.6 Å². The molecule has 1 heterocycles. The Bertz CT molecular complexity index is 389. The minimum atomic E-state index is -4.65. The maximum atomic E-state index is 12.2. The first-order valence-corrected chi connectivity index (χ1v) is 5.74. The first-order valence-electron chi connectivity index (χ1n) is 5.74. The molecule has 1 radical (unpaired) electrons. The number of hydrogen-bond acceptors (Lipinski definition) is 2. The molecular formula is C12H14F3N2O. The number of para-hydroxylation sites is 1. The third kappa shape index (κ3) is 3.89. The fourth-order valence-electron chi connectivity index (χ4n) is 1.91. The second-order valence-electron chi connectivity index (χ2n) is 4.10. The van der Waals surface area contributed by atoms with Gasteiger partial charge in [0.05, 0.1) is 0 Å². The standard InChI is InChI=1S/C12H14F3N2O/c13-12(14,15)18-11-4-2-1-3-10(11)9-17-7-5-16-6-8-17/h1-4H,5-9H2. The zero-order valence-electron chi connectivity index (χ0n) is 9.78. The molecule has 6 heteroatoms. The summed E-state index contributed by atoms with van der Waals surface area (Å²) < 4.78 is 40.8. The van der Waals surface area contributed by atoms with Gasteiger partial charge in [0.1, 0.15) is 5.75 Å². The number of benzene rings is 1. The van der Waals surface area contributed by atoms with Crippen molar-refractivity contribution in [1.29, 1.82) is 0 Å². The van der Waals surface area contributed by atoms with Gasteiger partial charge in [0.15, 0.2) is 0 Å². The van der Waals surface area contributed by atoms with Crippen molar-refractivity contribution in [2.75, 3.05) is 26.2 Å². The summed E-state index contributed by atoms with van der Waals surface area (Å²) in [5.74, 6) is -0.118. The monoisotopic (exact) mass is 259 g/mol. The summed E-state index contributed by atoms with van der Waals surface area (Å²) in [5.41, 5.74) is 0.553. The molecule has 1 fully saturated rings. The van der Waals surface area contributed by atoms with Crippen LogP contribution in [0.2, 0.25) is 0 Å². The largest absolute Gasteiger partial charge is 0.573 e. The van der Waals surface area contributed by atoms with Gasteiger partial charge in [-0.25, -0.2) is 5.32 Å². The van der Waals surface area contributed by atoms with Crippen molar-refractivity contribution in [3.63, 3.8) is 0 Å². The number of rotatable bonds is 3. The molecule has 3 nitrogen and oxygen atoms in total. The van der Waals surface area contributed by atoms with Gasteiger partial charge in [-0.2, -0.15) is 0 Å². The van der Waals surface area contributed by atoms with Crippen LogP contribution in [-0.2, 0) is 6.54 Å². The second kappa shape index (κ2) is 5.58. The molecule has 0 bridgehead atoms. The fraction of sp³-hybridized carbons (Fsp3) is 0.500. The van der Waals surface area contributed by atoms with Crippen molar-refractivity contribution in [3.8, 4) is 5.75 Å². The summed E-state index contributed by atoms with van der Waals surface area (Å²) >= 11 is 0.